The van der Waals surface area contributed by atoms with Gasteiger partial charge in [-0.25, -0.2) is 14.6 Å². The molecular formula is C12H26N4O4. The monoisotopic (exact) mass is 290 g/mol. The number of hydrazine groups is 1. The Balaban J connectivity index is 0. The molecule has 8 heteroatoms. The fourth-order valence-electron chi connectivity index (χ4n) is 0.911. The maximum absolute atomic E-state index is 9.55. The Morgan fingerprint density at radius 3 is 1.35 bits per heavy atom. The van der Waals surface area contributed by atoms with Crippen LogP contribution < -0.4 is 5.84 Å². The van der Waals surface area contributed by atoms with Crippen LogP contribution in [0, 0.1) is 0 Å². The summed E-state index contributed by atoms with van der Waals surface area (Å²) in [6.45, 7) is 3.90. The van der Waals surface area contributed by atoms with Crippen LogP contribution in [0.15, 0.2) is 12.2 Å². The van der Waals surface area contributed by atoms with E-state index >= 15 is 0 Å². The molecule has 0 aromatic heterocycles. The highest BCUT2D eigenvalue weighted by molar-refractivity contribution is 5.89. The van der Waals surface area contributed by atoms with Gasteiger partial charge in [-0.2, -0.15) is 0 Å². The maximum atomic E-state index is 9.55. The van der Waals surface area contributed by atoms with Gasteiger partial charge in [-0.15, -0.1) is 0 Å². The van der Waals surface area contributed by atoms with Gasteiger partial charge in [0.15, 0.2) is 0 Å². The minimum Gasteiger partial charge on any atom is -0.478 e. The van der Waals surface area contributed by atoms with E-state index in [1.54, 1.807) is 0 Å². The van der Waals surface area contributed by atoms with Gasteiger partial charge in [0, 0.05) is 38.3 Å². The van der Waals surface area contributed by atoms with Gasteiger partial charge in [-0.1, -0.05) is 0 Å². The summed E-state index contributed by atoms with van der Waals surface area (Å²) in [4.78, 5) is 23.4. The molecule has 0 bridgehead atoms. The molecule has 0 radical (unpaired) electrons. The van der Waals surface area contributed by atoms with Crippen molar-refractivity contribution in [2.45, 2.75) is 0 Å². The molecular weight excluding hydrogens is 264 g/mol. The molecule has 4 N–H and O–H groups in total. The third kappa shape index (κ3) is 21.8. The number of likely N-dealkylation sites (N-methyl/N-ethyl adjacent to an activating group) is 2. The van der Waals surface area contributed by atoms with Gasteiger partial charge in [0.2, 0.25) is 0 Å². The first kappa shape index (κ1) is 20.8. The summed E-state index contributed by atoms with van der Waals surface area (Å²) in [7, 11) is 8.22. The fraction of sp³-hybridized carbons (Fsp3) is 0.667. The van der Waals surface area contributed by atoms with Gasteiger partial charge < -0.3 is 20.0 Å². The van der Waals surface area contributed by atoms with Crippen molar-refractivity contribution >= 4 is 11.9 Å². The second-order valence-corrected chi connectivity index (χ2v) is 4.65. The second kappa shape index (κ2) is 12.5. The number of hydrogen-bond acceptors (Lipinski definition) is 6. The van der Waals surface area contributed by atoms with Gasteiger partial charge in [-0.3, -0.25) is 5.84 Å². The Kier molecular flexibility index (Phi) is 13.1. The van der Waals surface area contributed by atoms with E-state index in [1.165, 1.54) is 0 Å². The van der Waals surface area contributed by atoms with E-state index in [9.17, 15) is 9.59 Å². The molecule has 0 unspecified atom stereocenters. The Morgan fingerprint density at radius 1 is 0.850 bits per heavy atom. The van der Waals surface area contributed by atoms with E-state index in [-0.39, 0.29) is 0 Å². The van der Waals surface area contributed by atoms with Crippen molar-refractivity contribution in [3.8, 4) is 0 Å². The number of hydrogen-bond donors (Lipinski definition) is 3. The van der Waals surface area contributed by atoms with Crippen molar-refractivity contribution in [2.75, 3.05) is 54.4 Å². The lowest BCUT2D eigenvalue weighted by Gasteiger charge is -2.20. The highest BCUT2D eigenvalue weighted by atomic mass is 16.4. The summed E-state index contributed by atoms with van der Waals surface area (Å²) < 4.78 is 0. The van der Waals surface area contributed by atoms with Gasteiger partial charge in [0.1, 0.15) is 0 Å². The molecule has 0 aromatic rings. The third-order valence-corrected chi connectivity index (χ3v) is 2.04. The normalized spacial score (nSPS) is 11.0. The lowest BCUT2D eigenvalue weighted by Crippen LogP contribution is -2.40. The van der Waals surface area contributed by atoms with Crippen molar-refractivity contribution in [2.24, 2.45) is 5.84 Å². The number of carbonyl (C=O) groups is 2. The SMILES string of the molecule is CN(C)CCN(N)CCN(C)C.O=C(O)/C=C\C(=O)O. The average molecular weight is 290 g/mol. The Bertz CT molecular complexity index is 278. The first-order chi connectivity index (χ1) is 9.15. The van der Waals surface area contributed by atoms with Crippen LogP contribution in [0.5, 0.6) is 0 Å². The van der Waals surface area contributed by atoms with E-state index in [4.69, 9.17) is 16.1 Å². The van der Waals surface area contributed by atoms with Crippen molar-refractivity contribution in [3.63, 3.8) is 0 Å². The van der Waals surface area contributed by atoms with Crippen LogP contribution in [0.3, 0.4) is 0 Å². The number of aliphatic carboxylic acids is 2. The molecule has 118 valence electrons. The molecule has 0 aromatic carbocycles. The van der Waals surface area contributed by atoms with Gasteiger partial charge in [0.05, 0.1) is 0 Å². The molecule has 0 saturated carbocycles. The largest absolute Gasteiger partial charge is 0.478 e. The molecule has 0 rings (SSSR count). The zero-order valence-electron chi connectivity index (χ0n) is 12.6. The van der Waals surface area contributed by atoms with Gasteiger partial charge in [-0.05, 0) is 28.2 Å². The lowest BCUT2D eigenvalue weighted by molar-refractivity contribution is -0.134. The predicted octanol–water partition coefficient (Wildman–Crippen LogP) is -1.00. The van der Waals surface area contributed by atoms with E-state index in [2.05, 4.69) is 38.0 Å². The van der Waals surface area contributed by atoms with Crippen LogP contribution in [0.25, 0.3) is 0 Å². The lowest BCUT2D eigenvalue weighted by atomic mass is 10.5. The summed E-state index contributed by atoms with van der Waals surface area (Å²) in [5.41, 5.74) is 0. The molecule has 0 fully saturated rings. The Morgan fingerprint density at radius 2 is 1.15 bits per heavy atom. The average Bonchev–Trinajstić information content (AvgIpc) is 2.32. The number of carboxylic acids is 2. The number of carboxylic acid groups (broad SMARTS) is 2. The van der Waals surface area contributed by atoms with Crippen molar-refractivity contribution in [1.82, 2.24) is 14.8 Å². The quantitative estimate of drug-likeness (QED) is 0.296. The van der Waals surface area contributed by atoms with Crippen LogP contribution >= 0.6 is 0 Å². The molecule has 0 spiro atoms. The maximum Gasteiger partial charge on any atom is 0.328 e. The highest BCUT2D eigenvalue weighted by Crippen LogP contribution is 1.82. The van der Waals surface area contributed by atoms with E-state index in [1.807, 2.05) is 5.01 Å². The topological polar surface area (TPSA) is 110 Å². The number of rotatable bonds is 8. The van der Waals surface area contributed by atoms with Crippen LogP contribution in [-0.2, 0) is 9.59 Å². The zero-order chi connectivity index (χ0) is 16.1. The smallest absolute Gasteiger partial charge is 0.328 e. The van der Waals surface area contributed by atoms with Crippen molar-refractivity contribution in [3.05, 3.63) is 12.2 Å². The van der Waals surface area contributed by atoms with E-state index < -0.39 is 11.9 Å². The van der Waals surface area contributed by atoms with Crippen LogP contribution in [0.2, 0.25) is 0 Å². The minimum atomic E-state index is -1.26. The first-order valence-corrected chi connectivity index (χ1v) is 6.08. The molecule has 20 heavy (non-hydrogen) atoms. The molecule has 0 heterocycles. The predicted molar refractivity (Wildman–Crippen MR) is 77.3 cm³/mol. The van der Waals surface area contributed by atoms with E-state index in [0.29, 0.717) is 12.2 Å². The van der Waals surface area contributed by atoms with Crippen molar-refractivity contribution < 1.29 is 19.8 Å². The summed E-state index contributed by atoms with van der Waals surface area (Å²) in [5, 5.41) is 17.5. The molecule has 0 atom stereocenters. The first-order valence-electron chi connectivity index (χ1n) is 6.08. The van der Waals surface area contributed by atoms with Crippen LogP contribution in [0.4, 0.5) is 0 Å². The molecule has 0 saturated heterocycles. The molecule has 0 aliphatic rings. The molecule has 0 amide bonds. The van der Waals surface area contributed by atoms with Crippen molar-refractivity contribution in [1.29, 1.82) is 0 Å². The summed E-state index contributed by atoms with van der Waals surface area (Å²) in [5.74, 6) is 3.24. The summed E-state index contributed by atoms with van der Waals surface area (Å²) in [6, 6.07) is 0. The van der Waals surface area contributed by atoms with E-state index in [0.717, 1.165) is 26.2 Å². The molecule has 8 nitrogen and oxygen atoms in total. The van der Waals surface area contributed by atoms with Gasteiger partial charge in [0.25, 0.3) is 0 Å². The Hall–Kier alpha value is -1.48. The van der Waals surface area contributed by atoms with Crippen LogP contribution in [0.1, 0.15) is 0 Å². The number of nitrogens with zero attached hydrogens (tertiary/aromatic N) is 3. The molecule has 0 aliphatic carbocycles. The number of nitrogens with two attached hydrogens (primary N) is 1. The minimum absolute atomic E-state index is 0.558. The summed E-state index contributed by atoms with van der Waals surface area (Å²) >= 11 is 0. The molecule has 0 aliphatic heterocycles. The third-order valence-electron chi connectivity index (χ3n) is 2.04. The van der Waals surface area contributed by atoms with Crippen LogP contribution in [-0.4, -0.2) is 91.3 Å². The zero-order valence-corrected chi connectivity index (χ0v) is 12.6. The summed E-state index contributed by atoms with van der Waals surface area (Å²) in [6.07, 6.45) is 1.12. The van der Waals surface area contributed by atoms with Gasteiger partial charge >= 0.3 is 11.9 Å². The standard InChI is InChI=1S/C8H22N4.C4H4O4/c1-10(2)5-7-12(9)8-6-11(3)4;5-3(6)1-2-4(7)8/h5-9H2,1-4H3;1-2H,(H,5,6)(H,7,8)/b;2-1-. The fourth-order valence-corrected chi connectivity index (χ4v) is 0.911. The Labute approximate surface area is 120 Å². The second-order valence-electron chi connectivity index (χ2n) is 4.65. The highest BCUT2D eigenvalue weighted by Gasteiger charge is 1.99.